The first-order valence-electron chi connectivity index (χ1n) is 15.5. The molecule has 0 amide bonds. The molecular formula is C43H25F2NS. The Balaban J connectivity index is 1.14. The highest BCUT2D eigenvalue weighted by atomic mass is 32.1. The molecule has 0 unspecified atom stereocenters. The Hall–Kier alpha value is -5.71. The van der Waals surface area contributed by atoms with Gasteiger partial charge in [-0.3, -0.25) is 0 Å². The van der Waals surface area contributed by atoms with Crippen molar-refractivity contribution in [3.05, 3.63) is 163 Å². The van der Waals surface area contributed by atoms with E-state index < -0.39 is 11.6 Å². The van der Waals surface area contributed by atoms with Crippen molar-refractivity contribution in [3.8, 4) is 44.0 Å². The van der Waals surface area contributed by atoms with Crippen molar-refractivity contribution in [1.29, 1.82) is 0 Å². The molecule has 9 aromatic rings. The third-order valence-electron chi connectivity index (χ3n) is 8.97. The molecule has 0 bridgehead atoms. The molecule has 0 radical (unpaired) electrons. The number of para-hydroxylation sites is 1. The van der Waals surface area contributed by atoms with E-state index in [1.807, 2.05) is 42.5 Å². The van der Waals surface area contributed by atoms with E-state index in [-0.39, 0.29) is 0 Å². The number of aromatic nitrogens is 1. The Morgan fingerprint density at radius 1 is 0.404 bits per heavy atom. The van der Waals surface area contributed by atoms with E-state index in [1.54, 1.807) is 11.3 Å². The van der Waals surface area contributed by atoms with Gasteiger partial charge in [0.05, 0.1) is 10.2 Å². The lowest BCUT2D eigenvalue weighted by atomic mass is 9.85. The van der Waals surface area contributed by atoms with Crippen molar-refractivity contribution in [2.75, 3.05) is 0 Å². The predicted octanol–water partition coefficient (Wildman–Crippen LogP) is 12.7. The summed E-state index contributed by atoms with van der Waals surface area (Å²) in [7, 11) is 0. The summed E-state index contributed by atoms with van der Waals surface area (Å²) in [5.74, 6) is -1.18. The van der Waals surface area contributed by atoms with Crippen LogP contribution in [0.4, 0.5) is 8.78 Å². The van der Waals surface area contributed by atoms with Gasteiger partial charge in [0, 0.05) is 11.6 Å². The van der Waals surface area contributed by atoms with Crippen molar-refractivity contribution >= 4 is 53.9 Å². The number of benzene rings is 8. The summed E-state index contributed by atoms with van der Waals surface area (Å²) >= 11 is 1.71. The van der Waals surface area contributed by atoms with Crippen LogP contribution in [-0.4, -0.2) is 4.98 Å². The maximum atomic E-state index is 14.4. The topological polar surface area (TPSA) is 12.9 Å². The fraction of sp³-hybridized carbons (Fsp3) is 0. The Bertz CT molecular complexity index is 2540. The van der Waals surface area contributed by atoms with Crippen molar-refractivity contribution in [1.82, 2.24) is 4.98 Å². The number of fused-ring (bicyclic) bond motifs is 4. The van der Waals surface area contributed by atoms with Crippen molar-refractivity contribution in [2.24, 2.45) is 0 Å². The lowest BCUT2D eigenvalue weighted by molar-refractivity contribution is 0.584. The van der Waals surface area contributed by atoms with E-state index in [9.17, 15) is 8.78 Å². The first-order chi connectivity index (χ1) is 23.1. The molecule has 1 aromatic heterocycles. The standard InChI is InChI=1S/C43H25F2NS/c44-33-23-32(24-34(45)25-33)42-37-9-3-1-7-35(37)41(36-8-2-4-10-38(36)42)31-20-19-29-21-28(17-18-30(29)22-31)26-13-15-27(16-14-26)43-46-39-11-5-6-12-40(39)47-43/h1-25H. The van der Waals surface area contributed by atoms with Crippen LogP contribution in [0.25, 0.3) is 86.5 Å². The second-order valence-electron chi connectivity index (χ2n) is 11.8. The molecule has 0 aliphatic heterocycles. The fourth-order valence-electron chi connectivity index (χ4n) is 6.83. The SMILES string of the molecule is Fc1cc(F)cc(-c2c3ccccc3c(-c3ccc4cc(-c5ccc(-c6nc7ccccc7s6)cc5)ccc4c3)c3ccccc23)c1. The highest BCUT2D eigenvalue weighted by Crippen LogP contribution is 2.44. The van der Waals surface area contributed by atoms with Gasteiger partial charge in [-0.2, -0.15) is 0 Å². The van der Waals surface area contributed by atoms with Gasteiger partial charge in [0.1, 0.15) is 16.6 Å². The summed E-state index contributed by atoms with van der Waals surface area (Å²) in [4.78, 5) is 4.81. The lowest BCUT2D eigenvalue weighted by Gasteiger charge is -2.18. The van der Waals surface area contributed by atoms with Gasteiger partial charge in [-0.15, -0.1) is 11.3 Å². The molecule has 0 aliphatic rings. The van der Waals surface area contributed by atoms with Crippen LogP contribution in [0.1, 0.15) is 0 Å². The largest absolute Gasteiger partial charge is 0.236 e. The Labute approximate surface area is 274 Å². The number of nitrogens with zero attached hydrogens (tertiary/aromatic N) is 1. The van der Waals surface area contributed by atoms with Crippen LogP contribution in [0, 0.1) is 11.6 Å². The van der Waals surface area contributed by atoms with E-state index in [0.717, 1.165) is 82.3 Å². The molecule has 9 rings (SSSR count). The summed E-state index contributed by atoms with van der Waals surface area (Å²) < 4.78 is 30.0. The van der Waals surface area contributed by atoms with Gasteiger partial charge in [0.15, 0.2) is 0 Å². The number of hydrogen-bond donors (Lipinski definition) is 0. The molecule has 0 spiro atoms. The molecule has 0 aliphatic carbocycles. The maximum absolute atomic E-state index is 14.4. The van der Waals surface area contributed by atoms with Crippen molar-refractivity contribution < 1.29 is 8.78 Å². The molecule has 1 heterocycles. The van der Waals surface area contributed by atoms with E-state index in [4.69, 9.17) is 4.98 Å². The third kappa shape index (κ3) is 4.77. The number of rotatable bonds is 4. The van der Waals surface area contributed by atoms with Gasteiger partial charge in [0.25, 0.3) is 0 Å². The highest BCUT2D eigenvalue weighted by Gasteiger charge is 2.18. The van der Waals surface area contributed by atoms with Gasteiger partial charge in [-0.05, 0) is 102 Å². The number of hydrogen-bond acceptors (Lipinski definition) is 2. The summed E-state index contributed by atoms with van der Waals surface area (Å²) in [6, 6.07) is 50.1. The molecule has 0 atom stereocenters. The zero-order chi connectivity index (χ0) is 31.5. The van der Waals surface area contributed by atoms with E-state index >= 15 is 0 Å². The normalized spacial score (nSPS) is 11.6. The second-order valence-corrected chi connectivity index (χ2v) is 12.9. The monoisotopic (exact) mass is 625 g/mol. The summed E-state index contributed by atoms with van der Waals surface area (Å²) in [5, 5.41) is 7.31. The Morgan fingerprint density at radius 2 is 0.894 bits per heavy atom. The van der Waals surface area contributed by atoms with Crippen LogP contribution < -0.4 is 0 Å². The van der Waals surface area contributed by atoms with Crippen molar-refractivity contribution in [3.63, 3.8) is 0 Å². The van der Waals surface area contributed by atoms with Crippen LogP contribution in [0.3, 0.4) is 0 Å². The molecule has 8 aromatic carbocycles. The zero-order valence-corrected chi connectivity index (χ0v) is 25.9. The predicted molar refractivity (Wildman–Crippen MR) is 194 cm³/mol. The first-order valence-corrected chi connectivity index (χ1v) is 16.3. The minimum absolute atomic E-state index is 0.528. The third-order valence-corrected chi connectivity index (χ3v) is 10.1. The van der Waals surface area contributed by atoms with Crippen LogP contribution in [0.5, 0.6) is 0 Å². The molecular weight excluding hydrogens is 601 g/mol. The van der Waals surface area contributed by atoms with Gasteiger partial charge in [-0.1, -0.05) is 109 Å². The average Bonchev–Trinajstić information content (AvgIpc) is 3.54. The molecule has 0 saturated carbocycles. The smallest absolute Gasteiger partial charge is 0.126 e. The Kier molecular flexibility index (Phi) is 6.44. The summed E-state index contributed by atoms with van der Waals surface area (Å²) in [6.07, 6.45) is 0. The van der Waals surface area contributed by atoms with Gasteiger partial charge >= 0.3 is 0 Å². The zero-order valence-electron chi connectivity index (χ0n) is 25.0. The minimum atomic E-state index is -0.588. The van der Waals surface area contributed by atoms with Gasteiger partial charge < -0.3 is 0 Å². The second kappa shape index (κ2) is 11.0. The maximum Gasteiger partial charge on any atom is 0.126 e. The molecule has 1 nitrogen and oxygen atoms in total. The highest BCUT2D eigenvalue weighted by molar-refractivity contribution is 7.21. The Morgan fingerprint density at radius 3 is 1.51 bits per heavy atom. The van der Waals surface area contributed by atoms with Crippen LogP contribution in [0.2, 0.25) is 0 Å². The van der Waals surface area contributed by atoms with E-state index in [1.165, 1.54) is 16.8 Å². The quantitative estimate of drug-likeness (QED) is 0.177. The first kappa shape index (κ1) is 27.6. The number of halogens is 2. The number of thiazole rings is 1. The van der Waals surface area contributed by atoms with Crippen LogP contribution >= 0.6 is 11.3 Å². The van der Waals surface area contributed by atoms with E-state index in [0.29, 0.717) is 5.56 Å². The average molecular weight is 626 g/mol. The summed E-state index contributed by atoms with van der Waals surface area (Å²) in [6.45, 7) is 0. The summed E-state index contributed by atoms with van der Waals surface area (Å²) in [5.41, 5.74) is 8.02. The van der Waals surface area contributed by atoms with Crippen LogP contribution in [-0.2, 0) is 0 Å². The van der Waals surface area contributed by atoms with Crippen LogP contribution in [0.15, 0.2) is 152 Å². The molecule has 0 fully saturated rings. The molecule has 0 N–H and O–H groups in total. The minimum Gasteiger partial charge on any atom is -0.236 e. The van der Waals surface area contributed by atoms with Crippen molar-refractivity contribution in [2.45, 2.75) is 0 Å². The molecule has 222 valence electrons. The fourth-order valence-corrected chi connectivity index (χ4v) is 7.80. The molecule has 4 heteroatoms. The van der Waals surface area contributed by atoms with E-state index in [2.05, 4.69) is 91.0 Å². The molecule has 47 heavy (non-hydrogen) atoms. The molecule has 0 saturated heterocycles. The van der Waals surface area contributed by atoms with Gasteiger partial charge in [0.2, 0.25) is 0 Å². The lowest BCUT2D eigenvalue weighted by Crippen LogP contribution is -1.92. The van der Waals surface area contributed by atoms with Gasteiger partial charge in [-0.25, -0.2) is 13.8 Å².